The van der Waals surface area contributed by atoms with E-state index in [0.29, 0.717) is 31.7 Å². The van der Waals surface area contributed by atoms with Crippen LogP contribution < -0.4 is 4.90 Å². The van der Waals surface area contributed by atoms with Crippen molar-refractivity contribution in [2.75, 3.05) is 63.9 Å². The summed E-state index contributed by atoms with van der Waals surface area (Å²) in [6.07, 6.45) is -0.927. The topological polar surface area (TPSA) is 102 Å². The van der Waals surface area contributed by atoms with Gasteiger partial charge in [0.1, 0.15) is 13.2 Å². The van der Waals surface area contributed by atoms with Gasteiger partial charge in [-0.2, -0.15) is 5.10 Å². The van der Waals surface area contributed by atoms with Gasteiger partial charge in [0, 0.05) is 75.7 Å². The first-order valence-electron chi connectivity index (χ1n) is 13.8. The second-order valence-corrected chi connectivity index (χ2v) is 10.9. The summed E-state index contributed by atoms with van der Waals surface area (Å²) in [5.41, 5.74) is 4.42. The molecule has 0 radical (unpaired) electrons. The Morgan fingerprint density at radius 2 is 1.55 bits per heavy atom. The van der Waals surface area contributed by atoms with Gasteiger partial charge in [0.2, 0.25) is 11.8 Å². The molecule has 1 aliphatic carbocycles. The summed E-state index contributed by atoms with van der Waals surface area (Å²) in [4.78, 5) is 45.5. The Morgan fingerprint density at radius 1 is 0.925 bits per heavy atom. The monoisotopic (exact) mass is 558 g/mol. The van der Waals surface area contributed by atoms with Crippen molar-refractivity contribution < 1.29 is 28.3 Å². The van der Waals surface area contributed by atoms with E-state index in [1.165, 1.54) is 20.7 Å². The number of hydrogen-bond acceptors (Lipinski definition) is 6. The molecule has 10 nitrogen and oxygen atoms in total. The molecule has 0 spiro atoms. The molecule has 0 bridgehead atoms. The predicted octanol–water partition coefficient (Wildman–Crippen LogP) is 1.25. The number of fused-ring (bicyclic) bond motifs is 1. The van der Waals surface area contributed by atoms with Crippen LogP contribution in [0, 0.1) is 13.8 Å². The molecule has 12 heteroatoms. The smallest absolute Gasteiger partial charge is 0.274 e. The molecule has 0 saturated carbocycles. The van der Waals surface area contributed by atoms with Gasteiger partial charge in [0.15, 0.2) is 5.69 Å². The number of halogens is 2. The van der Waals surface area contributed by atoms with Crippen molar-refractivity contribution in [3.05, 3.63) is 46.3 Å². The summed E-state index contributed by atoms with van der Waals surface area (Å²) in [6, 6.07) is 6.18. The fraction of sp³-hybridized carbons (Fsp3) is 0.571. The summed E-state index contributed by atoms with van der Waals surface area (Å²) in [5, 5.41) is 13.5. The van der Waals surface area contributed by atoms with Crippen molar-refractivity contribution in [3.63, 3.8) is 0 Å². The van der Waals surface area contributed by atoms with E-state index >= 15 is 0 Å². The number of aliphatic hydroxyl groups is 1. The molecule has 40 heavy (non-hydrogen) atoms. The number of benzene rings is 1. The zero-order valence-electron chi connectivity index (χ0n) is 23.0. The molecule has 2 saturated heterocycles. The highest BCUT2D eigenvalue weighted by molar-refractivity contribution is 5.94. The number of aryl methyl sites for hydroxylation is 1. The molecule has 1 aromatic heterocycles. The van der Waals surface area contributed by atoms with Crippen LogP contribution in [0.5, 0.6) is 0 Å². The number of carbonyl (C=O) groups excluding carboxylic acids is 3. The molecule has 0 unspecified atom stereocenters. The molecule has 2 aromatic rings. The number of aromatic nitrogens is 2. The van der Waals surface area contributed by atoms with Gasteiger partial charge in [0.25, 0.3) is 11.8 Å². The molecule has 1 aromatic carbocycles. The van der Waals surface area contributed by atoms with E-state index in [1.54, 1.807) is 9.80 Å². The highest BCUT2D eigenvalue weighted by Gasteiger charge is 2.40. The molecule has 3 amide bonds. The van der Waals surface area contributed by atoms with E-state index in [-0.39, 0.29) is 68.8 Å². The number of nitrogens with zero attached hydrogens (tertiary/aromatic N) is 6. The maximum Gasteiger partial charge on any atom is 0.274 e. The van der Waals surface area contributed by atoms with Gasteiger partial charge in [-0.3, -0.25) is 19.1 Å². The lowest BCUT2D eigenvalue weighted by Gasteiger charge is -2.37. The molecule has 5 rings (SSSR count). The number of aliphatic hydroxyl groups excluding tert-OH is 1. The van der Waals surface area contributed by atoms with Crippen LogP contribution in [-0.4, -0.2) is 112 Å². The van der Waals surface area contributed by atoms with Crippen LogP contribution in [0.15, 0.2) is 18.2 Å². The van der Waals surface area contributed by atoms with Crippen molar-refractivity contribution >= 4 is 23.4 Å². The van der Waals surface area contributed by atoms with Crippen molar-refractivity contribution in [1.82, 2.24) is 24.5 Å². The van der Waals surface area contributed by atoms with E-state index < -0.39 is 24.9 Å². The zero-order valence-corrected chi connectivity index (χ0v) is 23.0. The van der Waals surface area contributed by atoms with Crippen LogP contribution in [0.25, 0.3) is 0 Å². The van der Waals surface area contributed by atoms with Gasteiger partial charge in [0.05, 0.1) is 6.42 Å². The molecular formula is C28H36F2N6O4. The summed E-state index contributed by atoms with van der Waals surface area (Å²) in [6.45, 7) is 6.79. The van der Waals surface area contributed by atoms with Crippen molar-refractivity contribution in [2.45, 2.75) is 45.6 Å². The molecule has 2 aliphatic heterocycles. The van der Waals surface area contributed by atoms with Crippen LogP contribution in [0.3, 0.4) is 0 Å². The Balaban J connectivity index is 1.29. The average Bonchev–Trinajstić information content (AvgIpc) is 3.29. The summed E-state index contributed by atoms with van der Waals surface area (Å²) < 4.78 is 30.2. The second kappa shape index (κ2) is 11.1. The number of amides is 3. The maximum atomic E-state index is 14.4. The standard InChI is InChI=1S/C28H36F2N6O4/c1-19-4-3-5-22(20(19)2)32-8-10-33(11-9-32)24(38)17-36-23-16-28(29,30)7-6-21(23)26(31-36)27(40)35-14-12-34(13-15-35)25(39)18-37/h3-5,37H,6-18H2,1-2H3. The second-order valence-electron chi connectivity index (χ2n) is 10.9. The van der Waals surface area contributed by atoms with Gasteiger partial charge in [-0.15, -0.1) is 0 Å². The van der Waals surface area contributed by atoms with Gasteiger partial charge in [-0.25, -0.2) is 8.78 Å². The lowest BCUT2D eigenvalue weighted by Crippen LogP contribution is -2.51. The third-order valence-electron chi connectivity index (χ3n) is 8.42. The SMILES string of the molecule is Cc1cccc(N2CCN(C(=O)Cn3nc(C(=O)N4CCN(C(=O)CO)CC4)c4c3CC(F)(F)CC4)CC2)c1C. The summed E-state index contributed by atoms with van der Waals surface area (Å²) in [5.74, 6) is -3.92. The summed E-state index contributed by atoms with van der Waals surface area (Å²) >= 11 is 0. The van der Waals surface area contributed by atoms with Gasteiger partial charge >= 0.3 is 0 Å². The molecule has 2 fully saturated rings. The Kier molecular flexibility index (Phi) is 7.80. The van der Waals surface area contributed by atoms with E-state index in [2.05, 4.69) is 36.0 Å². The lowest BCUT2D eigenvalue weighted by atomic mass is 9.92. The number of piperazine rings is 2. The van der Waals surface area contributed by atoms with Gasteiger partial charge in [-0.1, -0.05) is 12.1 Å². The van der Waals surface area contributed by atoms with Gasteiger partial charge in [-0.05, 0) is 37.5 Å². The maximum absolute atomic E-state index is 14.4. The minimum Gasteiger partial charge on any atom is -0.387 e. The molecule has 216 valence electrons. The molecule has 0 atom stereocenters. The summed E-state index contributed by atoms with van der Waals surface area (Å²) in [7, 11) is 0. The van der Waals surface area contributed by atoms with E-state index in [1.807, 2.05) is 6.07 Å². The van der Waals surface area contributed by atoms with E-state index in [0.717, 1.165) is 5.69 Å². The van der Waals surface area contributed by atoms with Gasteiger partial charge < -0.3 is 24.7 Å². The highest BCUT2D eigenvalue weighted by Crippen LogP contribution is 2.35. The first kappa shape index (κ1) is 28.0. The van der Waals surface area contributed by atoms with Crippen LogP contribution in [0.2, 0.25) is 0 Å². The normalized spacial score (nSPS) is 19.0. The first-order chi connectivity index (χ1) is 19.1. The molecular weight excluding hydrogens is 522 g/mol. The largest absolute Gasteiger partial charge is 0.387 e. The highest BCUT2D eigenvalue weighted by atomic mass is 19.3. The predicted molar refractivity (Wildman–Crippen MR) is 143 cm³/mol. The van der Waals surface area contributed by atoms with Crippen LogP contribution in [-0.2, 0) is 29.0 Å². The quantitative estimate of drug-likeness (QED) is 0.593. The molecule has 3 aliphatic rings. The Morgan fingerprint density at radius 3 is 2.23 bits per heavy atom. The number of alkyl halides is 2. The Bertz CT molecular complexity index is 1300. The average molecular weight is 559 g/mol. The Hall–Kier alpha value is -3.54. The third-order valence-corrected chi connectivity index (χ3v) is 8.42. The number of hydrogen-bond donors (Lipinski definition) is 1. The van der Waals surface area contributed by atoms with Crippen LogP contribution in [0.4, 0.5) is 14.5 Å². The lowest BCUT2D eigenvalue weighted by molar-refractivity contribution is -0.135. The number of carbonyl (C=O) groups is 3. The van der Waals surface area contributed by atoms with Crippen LogP contribution in [0.1, 0.15) is 39.3 Å². The Labute approximate surface area is 232 Å². The minimum absolute atomic E-state index is 0.00901. The molecule has 1 N–H and O–H groups in total. The van der Waals surface area contributed by atoms with Crippen LogP contribution >= 0.6 is 0 Å². The fourth-order valence-corrected chi connectivity index (χ4v) is 5.85. The van der Waals surface area contributed by atoms with Crippen molar-refractivity contribution in [1.29, 1.82) is 0 Å². The van der Waals surface area contributed by atoms with E-state index in [9.17, 15) is 23.2 Å². The number of rotatable bonds is 5. The fourth-order valence-electron chi connectivity index (χ4n) is 5.85. The first-order valence-corrected chi connectivity index (χ1v) is 13.8. The van der Waals surface area contributed by atoms with Crippen molar-refractivity contribution in [2.24, 2.45) is 0 Å². The van der Waals surface area contributed by atoms with E-state index in [4.69, 9.17) is 5.11 Å². The number of anilines is 1. The zero-order chi connectivity index (χ0) is 28.6. The molecule has 3 heterocycles. The minimum atomic E-state index is -2.93. The van der Waals surface area contributed by atoms with Crippen molar-refractivity contribution in [3.8, 4) is 0 Å². The third kappa shape index (κ3) is 5.54.